The fraction of sp³-hybridized carbons (Fsp3) is 0.458. The van der Waals surface area contributed by atoms with E-state index in [9.17, 15) is 13.2 Å². The van der Waals surface area contributed by atoms with Crippen molar-refractivity contribution in [1.29, 1.82) is 0 Å². The molecular formula is C24H32N2O3S. The lowest BCUT2D eigenvalue weighted by atomic mass is 9.71. The molecule has 0 bridgehead atoms. The molecule has 0 aliphatic heterocycles. The van der Waals surface area contributed by atoms with E-state index in [1.165, 1.54) is 24.8 Å². The van der Waals surface area contributed by atoms with Gasteiger partial charge in [0.05, 0.1) is 5.25 Å². The number of hydrogen-bond donors (Lipinski definition) is 2. The van der Waals surface area contributed by atoms with Gasteiger partial charge in [-0.15, -0.1) is 0 Å². The van der Waals surface area contributed by atoms with Gasteiger partial charge in [-0.2, -0.15) is 0 Å². The highest BCUT2D eigenvalue weighted by atomic mass is 32.2. The van der Waals surface area contributed by atoms with Crippen LogP contribution in [0.1, 0.15) is 68.8 Å². The van der Waals surface area contributed by atoms with Crippen molar-refractivity contribution in [2.24, 2.45) is 11.8 Å². The summed E-state index contributed by atoms with van der Waals surface area (Å²) in [7, 11) is -3.40. The van der Waals surface area contributed by atoms with E-state index in [2.05, 4.69) is 36.0 Å². The number of benzene rings is 2. The molecule has 0 aromatic heterocycles. The van der Waals surface area contributed by atoms with Crippen molar-refractivity contribution in [3.8, 4) is 0 Å². The molecule has 5 nitrogen and oxygen atoms in total. The zero-order chi connectivity index (χ0) is 21.9. The summed E-state index contributed by atoms with van der Waals surface area (Å²) in [4.78, 5) is 12.6. The first-order valence-corrected chi connectivity index (χ1v) is 12.2. The fourth-order valence-electron chi connectivity index (χ4n) is 4.04. The normalized spacial score (nSPS) is 22.0. The highest BCUT2D eigenvalue weighted by molar-refractivity contribution is 7.93. The summed E-state index contributed by atoms with van der Waals surface area (Å²) in [6, 6.07) is 14.6. The van der Waals surface area contributed by atoms with Crippen LogP contribution in [-0.4, -0.2) is 19.6 Å². The molecule has 2 aromatic rings. The Kier molecular flexibility index (Phi) is 6.86. The van der Waals surface area contributed by atoms with Crippen LogP contribution in [0, 0.1) is 11.8 Å². The van der Waals surface area contributed by atoms with Crippen molar-refractivity contribution < 1.29 is 13.2 Å². The second kappa shape index (κ2) is 9.21. The second-order valence-corrected chi connectivity index (χ2v) is 11.0. The molecule has 30 heavy (non-hydrogen) atoms. The lowest BCUT2D eigenvalue weighted by Crippen LogP contribution is -2.22. The Morgan fingerprint density at radius 3 is 2.13 bits per heavy atom. The summed E-state index contributed by atoms with van der Waals surface area (Å²) in [5.74, 6) is 1.78. The molecule has 0 heterocycles. The van der Waals surface area contributed by atoms with Crippen molar-refractivity contribution in [1.82, 2.24) is 0 Å². The monoisotopic (exact) mass is 428 g/mol. The van der Waals surface area contributed by atoms with E-state index in [-0.39, 0.29) is 5.91 Å². The van der Waals surface area contributed by atoms with Crippen LogP contribution >= 0.6 is 0 Å². The van der Waals surface area contributed by atoms with E-state index in [1.54, 1.807) is 38.1 Å². The third-order valence-electron chi connectivity index (χ3n) is 6.33. The van der Waals surface area contributed by atoms with E-state index >= 15 is 0 Å². The van der Waals surface area contributed by atoms with Crippen molar-refractivity contribution in [2.45, 2.75) is 58.1 Å². The van der Waals surface area contributed by atoms with Crippen LogP contribution in [0.2, 0.25) is 0 Å². The summed E-state index contributed by atoms with van der Waals surface area (Å²) in [5.41, 5.74) is 3.01. The average molecular weight is 429 g/mol. The minimum Gasteiger partial charge on any atom is -0.322 e. The Hall–Kier alpha value is -2.34. The van der Waals surface area contributed by atoms with Gasteiger partial charge in [0.25, 0.3) is 5.91 Å². The number of hydrogen-bond acceptors (Lipinski definition) is 3. The Balaban J connectivity index is 1.63. The Morgan fingerprint density at radius 1 is 0.933 bits per heavy atom. The molecule has 1 aliphatic carbocycles. The van der Waals surface area contributed by atoms with Crippen LogP contribution in [0.15, 0.2) is 48.5 Å². The highest BCUT2D eigenvalue weighted by Crippen LogP contribution is 2.41. The molecule has 6 heteroatoms. The second-order valence-electron chi connectivity index (χ2n) is 8.72. The van der Waals surface area contributed by atoms with Crippen molar-refractivity contribution in [3.63, 3.8) is 0 Å². The van der Waals surface area contributed by atoms with Crippen molar-refractivity contribution >= 4 is 27.3 Å². The first-order valence-electron chi connectivity index (χ1n) is 10.7. The number of amides is 1. The minimum absolute atomic E-state index is 0.222. The van der Waals surface area contributed by atoms with E-state index < -0.39 is 15.3 Å². The van der Waals surface area contributed by atoms with Crippen molar-refractivity contribution in [3.05, 3.63) is 59.7 Å². The predicted molar refractivity (Wildman–Crippen MR) is 123 cm³/mol. The SMILES string of the molecule is CC1CCCC(c2ccc(NC(=O)c3ccc(NS(=O)(=O)C(C)C)cc3)cc2)C1C. The van der Waals surface area contributed by atoms with Gasteiger partial charge >= 0.3 is 0 Å². The van der Waals surface area contributed by atoms with Crippen molar-refractivity contribution in [2.75, 3.05) is 10.0 Å². The zero-order valence-corrected chi connectivity index (χ0v) is 19.0. The number of anilines is 2. The molecule has 162 valence electrons. The van der Waals surface area contributed by atoms with E-state index in [0.29, 0.717) is 23.1 Å². The van der Waals surface area contributed by atoms with Crippen LogP contribution in [-0.2, 0) is 10.0 Å². The van der Waals surface area contributed by atoms with E-state index in [1.807, 2.05) is 12.1 Å². The standard InChI is InChI=1S/C24H32N2O3S/c1-16(2)30(28,29)26-22-14-10-20(11-15-22)24(27)25-21-12-8-19(9-13-21)23-7-5-6-17(3)18(23)4/h8-18,23,26H,5-7H2,1-4H3,(H,25,27). The smallest absolute Gasteiger partial charge is 0.255 e. The molecule has 3 unspecified atom stereocenters. The maximum atomic E-state index is 12.6. The Bertz CT molecular complexity index is 967. The summed E-state index contributed by atoms with van der Waals surface area (Å²) in [6.07, 6.45) is 3.81. The van der Waals surface area contributed by atoms with E-state index in [4.69, 9.17) is 0 Å². The van der Waals surface area contributed by atoms with E-state index in [0.717, 1.165) is 11.6 Å². The molecule has 1 aliphatic rings. The Labute approximate surface area is 180 Å². The quantitative estimate of drug-likeness (QED) is 0.626. The molecule has 2 aromatic carbocycles. The van der Waals surface area contributed by atoms with Gasteiger partial charge in [0.15, 0.2) is 0 Å². The summed E-state index contributed by atoms with van der Waals surface area (Å²) in [6.45, 7) is 7.91. The number of nitrogens with one attached hydrogen (secondary N) is 2. The van der Waals surface area contributed by atoms with Crippen LogP contribution in [0.5, 0.6) is 0 Å². The zero-order valence-electron chi connectivity index (χ0n) is 18.2. The van der Waals surface area contributed by atoms with Gasteiger partial charge in [0.1, 0.15) is 0 Å². The topological polar surface area (TPSA) is 75.3 Å². The number of rotatable bonds is 6. The molecule has 1 saturated carbocycles. The molecule has 3 rings (SSSR count). The van der Waals surface area contributed by atoms with Gasteiger partial charge < -0.3 is 5.32 Å². The molecule has 2 N–H and O–H groups in total. The van der Waals surface area contributed by atoms with Crippen LogP contribution in [0.3, 0.4) is 0 Å². The summed E-state index contributed by atoms with van der Waals surface area (Å²) < 4.78 is 26.4. The van der Waals surface area contributed by atoms with Gasteiger partial charge in [0, 0.05) is 16.9 Å². The maximum Gasteiger partial charge on any atom is 0.255 e. The first-order chi connectivity index (χ1) is 14.2. The lowest BCUT2D eigenvalue weighted by Gasteiger charge is -2.34. The molecular weight excluding hydrogens is 396 g/mol. The molecule has 1 fully saturated rings. The van der Waals surface area contributed by atoms with Gasteiger partial charge in [-0.25, -0.2) is 8.42 Å². The highest BCUT2D eigenvalue weighted by Gasteiger charge is 2.28. The lowest BCUT2D eigenvalue weighted by molar-refractivity contribution is 0.102. The molecule has 0 radical (unpaired) electrons. The molecule has 1 amide bonds. The first kappa shape index (κ1) is 22.3. The third kappa shape index (κ3) is 5.22. The summed E-state index contributed by atoms with van der Waals surface area (Å²) in [5, 5.41) is 2.39. The maximum absolute atomic E-state index is 12.6. The Morgan fingerprint density at radius 2 is 1.53 bits per heavy atom. The molecule has 3 atom stereocenters. The predicted octanol–water partition coefficient (Wildman–Crippen LogP) is 5.63. The van der Waals surface area contributed by atoms with Crippen LogP contribution in [0.4, 0.5) is 11.4 Å². The van der Waals surface area contributed by atoms with Crippen LogP contribution in [0.25, 0.3) is 0 Å². The third-order valence-corrected chi connectivity index (χ3v) is 8.09. The van der Waals surface area contributed by atoms with Gasteiger partial charge in [-0.1, -0.05) is 38.8 Å². The average Bonchev–Trinajstić information content (AvgIpc) is 2.71. The molecule has 0 saturated heterocycles. The molecule has 0 spiro atoms. The summed E-state index contributed by atoms with van der Waals surface area (Å²) >= 11 is 0. The van der Waals surface area contributed by atoms with Gasteiger partial charge in [0.2, 0.25) is 10.0 Å². The number of carbonyl (C=O) groups is 1. The van der Waals surface area contributed by atoms with Gasteiger partial charge in [-0.3, -0.25) is 9.52 Å². The fourth-order valence-corrected chi connectivity index (χ4v) is 4.74. The number of carbonyl (C=O) groups excluding carboxylic acids is 1. The minimum atomic E-state index is -3.40. The van der Waals surface area contributed by atoms with Crippen LogP contribution < -0.4 is 10.0 Å². The number of sulfonamides is 1. The van der Waals surface area contributed by atoms with Gasteiger partial charge in [-0.05, 0) is 80.0 Å². The largest absolute Gasteiger partial charge is 0.322 e.